The lowest BCUT2D eigenvalue weighted by atomic mass is 10.1. The molecular weight excluding hydrogens is 242 g/mol. The summed E-state index contributed by atoms with van der Waals surface area (Å²) in [5.74, 6) is 0.885. The number of hydrogen-bond acceptors (Lipinski definition) is 4. The monoisotopic (exact) mass is 259 g/mol. The third kappa shape index (κ3) is 2.74. The van der Waals surface area contributed by atoms with E-state index in [9.17, 15) is 9.59 Å². The molecule has 6 heteroatoms. The molecule has 0 radical (unpaired) electrons. The number of carbonyl (C=O) groups is 2. The van der Waals surface area contributed by atoms with Crippen LogP contribution in [0, 0.1) is 0 Å². The van der Waals surface area contributed by atoms with Crippen molar-refractivity contribution in [1.29, 1.82) is 0 Å². The molecule has 0 spiro atoms. The third-order valence-corrected chi connectivity index (χ3v) is 4.41. The molecule has 17 heavy (non-hydrogen) atoms. The van der Waals surface area contributed by atoms with E-state index in [-0.39, 0.29) is 11.9 Å². The Labute approximate surface area is 104 Å². The van der Waals surface area contributed by atoms with Crippen LogP contribution in [0.2, 0.25) is 0 Å². The minimum absolute atomic E-state index is 0.0402. The Bertz CT molecular complexity index is 323. The van der Waals surface area contributed by atoms with E-state index in [1.54, 1.807) is 0 Å². The zero-order valence-corrected chi connectivity index (χ0v) is 10.6. The van der Waals surface area contributed by atoms with Gasteiger partial charge in [0.05, 0.1) is 0 Å². The first-order valence-corrected chi connectivity index (χ1v) is 7.01. The highest BCUT2D eigenvalue weighted by Crippen LogP contribution is 2.24. The van der Waals surface area contributed by atoms with Gasteiger partial charge in [-0.2, -0.15) is 11.8 Å². The molecule has 0 aromatic rings. The van der Waals surface area contributed by atoms with E-state index in [1.807, 2.05) is 23.6 Å². The first-order valence-electron chi connectivity index (χ1n) is 5.86. The minimum Gasteiger partial charge on any atom is -0.479 e. The van der Waals surface area contributed by atoms with Gasteiger partial charge < -0.3 is 14.7 Å². The van der Waals surface area contributed by atoms with Crippen LogP contribution in [-0.2, 0) is 14.3 Å². The van der Waals surface area contributed by atoms with Crippen molar-refractivity contribution in [3.05, 3.63) is 0 Å². The summed E-state index contributed by atoms with van der Waals surface area (Å²) in [7, 11) is 0. The van der Waals surface area contributed by atoms with Crippen LogP contribution in [0.3, 0.4) is 0 Å². The normalized spacial score (nSPS) is 33.7. The van der Waals surface area contributed by atoms with Gasteiger partial charge in [-0.3, -0.25) is 4.79 Å². The average Bonchev–Trinajstić information content (AvgIpc) is 2.78. The third-order valence-electron chi connectivity index (χ3n) is 3.22. The maximum absolute atomic E-state index is 12.2. The van der Waals surface area contributed by atoms with Crippen molar-refractivity contribution >= 4 is 23.6 Å². The standard InChI is InChI=1S/C11H17NO4S/c1-7-6-17-5-4-12(7)10(13)8-2-3-9(16-8)11(14)15/h7-9H,2-6H2,1H3,(H,14,15)/t7?,8-,9+/m0/s1. The van der Waals surface area contributed by atoms with E-state index >= 15 is 0 Å². The van der Waals surface area contributed by atoms with E-state index in [2.05, 4.69) is 0 Å². The Kier molecular flexibility index (Phi) is 3.93. The molecule has 2 aliphatic heterocycles. The summed E-state index contributed by atoms with van der Waals surface area (Å²) in [6, 6.07) is 0.216. The lowest BCUT2D eigenvalue weighted by molar-refractivity contribution is -0.155. The fourth-order valence-corrected chi connectivity index (χ4v) is 3.25. The number of thioether (sulfide) groups is 1. The van der Waals surface area contributed by atoms with E-state index in [0.717, 1.165) is 18.1 Å². The Morgan fingerprint density at radius 2 is 2.06 bits per heavy atom. The van der Waals surface area contributed by atoms with Crippen molar-refractivity contribution in [3.8, 4) is 0 Å². The van der Waals surface area contributed by atoms with Gasteiger partial charge in [0.15, 0.2) is 6.10 Å². The molecule has 2 aliphatic rings. The summed E-state index contributed by atoms with van der Waals surface area (Å²) >= 11 is 1.84. The molecule has 0 bridgehead atoms. The molecule has 1 N–H and O–H groups in total. The van der Waals surface area contributed by atoms with Crippen molar-refractivity contribution in [2.24, 2.45) is 0 Å². The maximum Gasteiger partial charge on any atom is 0.332 e. The van der Waals surface area contributed by atoms with Gasteiger partial charge >= 0.3 is 5.97 Å². The molecule has 2 rings (SSSR count). The topological polar surface area (TPSA) is 66.8 Å². The fraction of sp³-hybridized carbons (Fsp3) is 0.818. The van der Waals surface area contributed by atoms with Crippen LogP contribution >= 0.6 is 11.8 Å². The van der Waals surface area contributed by atoms with Gasteiger partial charge in [0.1, 0.15) is 6.10 Å². The molecule has 2 fully saturated rings. The average molecular weight is 259 g/mol. The quantitative estimate of drug-likeness (QED) is 0.786. The van der Waals surface area contributed by atoms with Gasteiger partial charge in [-0.15, -0.1) is 0 Å². The molecule has 3 atom stereocenters. The van der Waals surface area contributed by atoms with Gasteiger partial charge in [-0.05, 0) is 19.8 Å². The minimum atomic E-state index is -0.970. The van der Waals surface area contributed by atoms with Crippen molar-refractivity contribution in [1.82, 2.24) is 4.90 Å². The Balaban J connectivity index is 1.94. The highest BCUT2D eigenvalue weighted by molar-refractivity contribution is 7.99. The number of ether oxygens (including phenoxy) is 1. The van der Waals surface area contributed by atoms with Crippen molar-refractivity contribution in [3.63, 3.8) is 0 Å². The Hall–Kier alpha value is -0.750. The van der Waals surface area contributed by atoms with Crippen molar-refractivity contribution in [2.75, 3.05) is 18.1 Å². The van der Waals surface area contributed by atoms with Gasteiger partial charge in [0, 0.05) is 24.1 Å². The molecule has 1 amide bonds. The molecule has 0 aromatic carbocycles. The summed E-state index contributed by atoms with van der Waals surface area (Å²) in [4.78, 5) is 24.8. The number of rotatable bonds is 2. The Morgan fingerprint density at radius 1 is 1.35 bits per heavy atom. The van der Waals surface area contributed by atoms with Gasteiger partial charge in [-0.25, -0.2) is 4.79 Å². The van der Waals surface area contributed by atoms with E-state index in [1.165, 1.54) is 0 Å². The number of aliphatic carboxylic acids is 1. The number of carboxylic acids is 1. The SMILES string of the molecule is CC1CSCCN1C(=O)[C@@H]1CC[C@H](C(=O)O)O1. The van der Waals surface area contributed by atoms with Crippen molar-refractivity contribution < 1.29 is 19.4 Å². The van der Waals surface area contributed by atoms with Crippen LogP contribution in [0.4, 0.5) is 0 Å². The molecule has 0 saturated carbocycles. The predicted octanol–water partition coefficient (Wildman–Crippen LogP) is 0.583. The fourth-order valence-electron chi connectivity index (χ4n) is 2.24. The molecule has 5 nitrogen and oxygen atoms in total. The predicted molar refractivity (Wildman–Crippen MR) is 64.0 cm³/mol. The number of carboxylic acid groups (broad SMARTS) is 1. The Morgan fingerprint density at radius 3 is 2.65 bits per heavy atom. The van der Waals surface area contributed by atoms with Gasteiger partial charge in [0.2, 0.25) is 0 Å². The summed E-state index contributed by atoms with van der Waals surface area (Å²) < 4.78 is 5.29. The molecular formula is C11H17NO4S. The summed E-state index contributed by atoms with van der Waals surface area (Å²) in [6.45, 7) is 2.76. The summed E-state index contributed by atoms with van der Waals surface area (Å²) in [6.07, 6.45) is -0.408. The number of hydrogen-bond donors (Lipinski definition) is 1. The van der Waals surface area contributed by atoms with Crippen LogP contribution < -0.4 is 0 Å². The zero-order chi connectivity index (χ0) is 12.4. The molecule has 2 saturated heterocycles. The van der Waals surface area contributed by atoms with E-state index < -0.39 is 18.2 Å². The van der Waals surface area contributed by atoms with Crippen LogP contribution in [-0.4, -0.2) is 58.2 Å². The van der Waals surface area contributed by atoms with E-state index in [4.69, 9.17) is 9.84 Å². The maximum atomic E-state index is 12.2. The highest BCUT2D eigenvalue weighted by atomic mass is 32.2. The second-order valence-electron chi connectivity index (χ2n) is 4.48. The first-order chi connectivity index (χ1) is 8.09. The number of nitrogens with zero attached hydrogens (tertiary/aromatic N) is 1. The van der Waals surface area contributed by atoms with Crippen LogP contribution in [0.25, 0.3) is 0 Å². The lowest BCUT2D eigenvalue weighted by Gasteiger charge is -2.34. The van der Waals surface area contributed by atoms with Crippen LogP contribution in [0.5, 0.6) is 0 Å². The van der Waals surface area contributed by atoms with Crippen LogP contribution in [0.15, 0.2) is 0 Å². The first kappa shape index (κ1) is 12.7. The number of carbonyl (C=O) groups excluding carboxylic acids is 1. The second kappa shape index (κ2) is 5.27. The smallest absolute Gasteiger partial charge is 0.332 e. The summed E-state index contributed by atoms with van der Waals surface area (Å²) in [5.41, 5.74) is 0. The molecule has 0 aromatic heterocycles. The second-order valence-corrected chi connectivity index (χ2v) is 5.63. The summed E-state index contributed by atoms with van der Waals surface area (Å²) in [5, 5.41) is 8.82. The lowest BCUT2D eigenvalue weighted by Crippen LogP contribution is -2.49. The largest absolute Gasteiger partial charge is 0.479 e. The van der Waals surface area contributed by atoms with Crippen LogP contribution in [0.1, 0.15) is 19.8 Å². The molecule has 0 aliphatic carbocycles. The zero-order valence-electron chi connectivity index (χ0n) is 9.80. The van der Waals surface area contributed by atoms with Gasteiger partial charge in [-0.1, -0.05) is 0 Å². The molecule has 96 valence electrons. The number of amides is 1. The van der Waals surface area contributed by atoms with Crippen molar-refractivity contribution in [2.45, 2.75) is 38.0 Å². The highest BCUT2D eigenvalue weighted by Gasteiger charge is 2.38. The van der Waals surface area contributed by atoms with E-state index in [0.29, 0.717) is 12.8 Å². The molecule has 2 heterocycles. The van der Waals surface area contributed by atoms with Gasteiger partial charge in [0.25, 0.3) is 5.91 Å². The molecule has 1 unspecified atom stereocenters.